The fourth-order valence-corrected chi connectivity index (χ4v) is 2.38. The van der Waals surface area contributed by atoms with Gasteiger partial charge in [-0.2, -0.15) is 4.98 Å². The van der Waals surface area contributed by atoms with Gasteiger partial charge in [0.05, 0.1) is 11.0 Å². The molecule has 0 aliphatic heterocycles. The maximum atomic E-state index is 12.1. The molecule has 0 saturated heterocycles. The van der Waals surface area contributed by atoms with Crippen LogP contribution in [0.15, 0.2) is 4.52 Å². The summed E-state index contributed by atoms with van der Waals surface area (Å²) < 4.78 is 4.90. The number of carbonyl (C=O) groups excluding carboxylic acids is 1. The molecule has 1 aromatic rings. The summed E-state index contributed by atoms with van der Waals surface area (Å²) in [4.78, 5) is 27.4. The van der Waals surface area contributed by atoms with Crippen LogP contribution < -0.4 is 5.32 Å². The summed E-state index contributed by atoms with van der Waals surface area (Å²) in [5.74, 6) is -0.406. The topological polar surface area (TPSA) is 105 Å². The molecule has 0 spiro atoms. The minimum Gasteiger partial charge on any atom is -0.481 e. The number of carbonyl (C=O) groups is 2. The van der Waals surface area contributed by atoms with Crippen molar-refractivity contribution in [2.45, 2.75) is 52.0 Å². The molecule has 0 aromatic carbocycles. The second-order valence-corrected chi connectivity index (χ2v) is 5.93. The number of rotatable bonds is 5. The predicted octanol–water partition coefficient (Wildman–Crippen LogP) is 1.37. The van der Waals surface area contributed by atoms with Crippen LogP contribution in [0.3, 0.4) is 0 Å². The van der Waals surface area contributed by atoms with Crippen LogP contribution in [0.1, 0.15) is 51.2 Å². The van der Waals surface area contributed by atoms with Crippen molar-refractivity contribution in [3.05, 3.63) is 11.7 Å². The van der Waals surface area contributed by atoms with Crippen LogP contribution in [0.2, 0.25) is 0 Å². The molecule has 1 heterocycles. The number of carboxylic acids is 1. The zero-order valence-corrected chi connectivity index (χ0v) is 11.9. The first-order valence-corrected chi connectivity index (χ1v) is 6.60. The fourth-order valence-electron chi connectivity index (χ4n) is 2.38. The van der Waals surface area contributed by atoms with Crippen LogP contribution in [0.25, 0.3) is 0 Å². The summed E-state index contributed by atoms with van der Waals surface area (Å²) in [6.45, 7) is 5.18. The summed E-state index contributed by atoms with van der Waals surface area (Å²) in [6.07, 6.45) is 1.95. The first-order valence-electron chi connectivity index (χ1n) is 6.60. The number of hydrogen-bond acceptors (Lipinski definition) is 5. The van der Waals surface area contributed by atoms with Gasteiger partial charge in [0, 0.05) is 13.3 Å². The van der Waals surface area contributed by atoms with E-state index in [4.69, 9.17) is 4.52 Å². The van der Waals surface area contributed by atoms with Gasteiger partial charge < -0.3 is 14.9 Å². The minimum absolute atomic E-state index is 0.0113. The Bertz CT molecular complexity index is 531. The molecule has 1 aromatic heterocycles. The normalized spacial score (nSPS) is 17.4. The average molecular weight is 281 g/mol. The molecule has 1 aliphatic rings. The second-order valence-electron chi connectivity index (χ2n) is 5.93. The standard InChI is InChI=1S/C13H19N3O4/c1-8-14-10(16-20-8)12(2,3)15-9(17)7-13(11(18)19)5-4-6-13/h4-7H2,1-3H3,(H,15,17)(H,18,19). The quantitative estimate of drug-likeness (QED) is 0.844. The number of aromatic nitrogens is 2. The van der Waals surface area contributed by atoms with Crippen molar-refractivity contribution in [1.82, 2.24) is 15.5 Å². The van der Waals surface area contributed by atoms with Crippen LogP contribution in [-0.2, 0) is 15.1 Å². The molecule has 0 radical (unpaired) electrons. The number of aliphatic carboxylic acids is 1. The summed E-state index contributed by atoms with van der Waals surface area (Å²) in [5.41, 5.74) is -1.69. The smallest absolute Gasteiger partial charge is 0.310 e. The third-order valence-corrected chi connectivity index (χ3v) is 3.80. The van der Waals surface area contributed by atoms with Gasteiger partial charge in [-0.05, 0) is 26.7 Å². The maximum Gasteiger partial charge on any atom is 0.310 e. The van der Waals surface area contributed by atoms with Crippen molar-refractivity contribution >= 4 is 11.9 Å². The zero-order valence-electron chi connectivity index (χ0n) is 11.9. The first kappa shape index (κ1) is 14.5. The zero-order chi connectivity index (χ0) is 15.0. The molecule has 0 bridgehead atoms. The molecule has 1 saturated carbocycles. The molecule has 0 unspecified atom stereocenters. The first-order chi connectivity index (χ1) is 9.25. The van der Waals surface area contributed by atoms with Gasteiger partial charge >= 0.3 is 5.97 Å². The van der Waals surface area contributed by atoms with Crippen molar-refractivity contribution in [3.63, 3.8) is 0 Å². The molecule has 1 amide bonds. The van der Waals surface area contributed by atoms with Crippen molar-refractivity contribution < 1.29 is 19.2 Å². The summed E-state index contributed by atoms with van der Waals surface area (Å²) in [7, 11) is 0. The van der Waals surface area contributed by atoms with Crippen molar-refractivity contribution in [1.29, 1.82) is 0 Å². The van der Waals surface area contributed by atoms with E-state index in [9.17, 15) is 14.7 Å². The van der Waals surface area contributed by atoms with E-state index < -0.39 is 16.9 Å². The molecule has 1 fully saturated rings. The third-order valence-electron chi connectivity index (χ3n) is 3.80. The molecule has 7 heteroatoms. The van der Waals surface area contributed by atoms with Crippen molar-refractivity contribution in [2.24, 2.45) is 5.41 Å². The van der Waals surface area contributed by atoms with Gasteiger partial charge in [-0.1, -0.05) is 11.6 Å². The van der Waals surface area contributed by atoms with E-state index in [1.807, 2.05) is 0 Å². The monoisotopic (exact) mass is 281 g/mol. The van der Waals surface area contributed by atoms with E-state index in [0.717, 1.165) is 6.42 Å². The van der Waals surface area contributed by atoms with E-state index in [1.165, 1.54) is 0 Å². The highest BCUT2D eigenvalue weighted by molar-refractivity contribution is 5.86. The number of aryl methyl sites for hydroxylation is 1. The molecular weight excluding hydrogens is 262 g/mol. The van der Waals surface area contributed by atoms with E-state index in [2.05, 4.69) is 15.5 Å². The van der Waals surface area contributed by atoms with Crippen molar-refractivity contribution in [3.8, 4) is 0 Å². The van der Waals surface area contributed by atoms with E-state index in [0.29, 0.717) is 24.6 Å². The van der Waals surface area contributed by atoms with Gasteiger partial charge in [-0.3, -0.25) is 9.59 Å². The molecule has 2 rings (SSSR count). The Morgan fingerprint density at radius 3 is 2.50 bits per heavy atom. The largest absolute Gasteiger partial charge is 0.481 e. The second kappa shape index (κ2) is 4.88. The molecule has 2 N–H and O–H groups in total. The lowest BCUT2D eigenvalue weighted by molar-refractivity contribution is -0.158. The highest BCUT2D eigenvalue weighted by Crippen LogP contribution is 2.44. The summed E-state index contributed by atoms with van der Waals surface area (Å²) in [5, 5.41) is 15.8. The number of hydrogen-bond donors (Lipinski definition) is 2. The van der Waals surface area contributed by atoms with Gasteiger partial charge in [-0.25, -0.2) is 0 Å². The molecule has 110 valence electrons. The Balaban J connectivity index is 2.02. The Labute approximate surface area is 116 Å². The van der Waals surface area contributed by atoms with Crippen LogP contribution >= 0.6 is 0 Å². The van der Waals surface area contributed by atoms with Gasteiger partial charge in [0.1, 0.15) is 0 Å². The van der Waals surface area contributed by atoms with Gasteiger partial charge in [0.2, 0.25) is 11.8 Å². The molecule has 0 atom stereocenters. The average Bonchev–Trinajstić information content (AvgIpc) is 2.70. The van der Waals surface area contributed by atoms with E-state index in [1.54, 1.807) is 20.8 Å². The lowest BCUT2D eigenvalue weighted by atomic mass is 9.66. The highest BCUT2D eigenvalue weighted by atomic mass is 16.5. The van der Waals surface area contributed by atoms with Gasteiger partial charge in [0.25, 0.3) is 0 Å². The molecule has 7 nitrogen and oxygen atoms in total. The molecule has 20 heavy (non-hydrogen) atoms. The van der Waals surface area contributed by atoms with Crippen molar-refractivity contribution in [2.75, 3.05) is 0 Å². The molecular formula is C13H19N3O4. The summed E-state index contributed by atoms with van der Waals surface area (Å²) >= 11 is 0. The summed E-state index contributed by atoms with van der Waals surface area (Å²) in [6, 6.07) is 0. The van der Waals surface area contributed by atoms with Crippen LogP contribution in [-0.4, -0.2) is 27.1 Å². The number of nitrogens with zero attached hydrogens (tertiary/aromatic N) is 2. The minimum atomic E-state index is -0.896. The van der Waals surface area contributed by atoms with E-state index in [-0.39, 0.29) is 12.3 Å². The number of carboxylic acid groups (broad SMARTS) is 1. The Kier molecular flexibility index (Phi) is 3.54. The van der Waals surface area contributed by atoms with Gasteiger partial charge in [-0.15, -0.1) is 0 Å². The van der Waals surface area contributed by atoms with Crippen LogP contribution in [0.5, 0.6) is 0 Å². The van der Waals surface area contributed by atoms with Gasteiger partial charge in [0.15, 0.2) is 5.82 Å². The van der Waals surface area contributed by atoms with Crippen LogP contribution in [0.4, 0.5) is 0 Å². The lowest BCUT2D eigenvalue weighted by Gasteiger charge is -2.37. The highest BCUT2D eigenvalue weighted by Gasteiger charge is 2.46. The Morgan fingerprint density at radius 2 is 2.10 bits per heavy atom. The van der Waals surface area contributed by atoms with Crippen LogP contribution in [0, 0.1) is 12.3 Å². The lowest BCUT2D eigenvalue weighted by Crippen LogP contribution is -2.47. The third kappa shape index (κ3) is 2.66. The maximum absolute atomic E-state index is 12.1. The number of amides is 1. The Hall–Kier alpha value is -1.92. The SMILES string of the molecule is Cc1nc(C(C)(C)NC(=O)CC2(C(=O)O)CCC2)no1. The predicted molar refractivity (Wildman–Crippen MR) is 68.7 cm³/mol. The fraction of sp³-hybridized carbons (Fsp3) is 0.692. The molecule has 1 aliphatic carbocycles. The number of nitrogens with one attached hydrogen (secondary N) is 1. The van der Waals surface area contributed by atoms with E-state index >= 15 is 0 Å². The Morgan fingerprint density at radius 1 is 1.45 bits per heavy atom.